The van der Waals surface area contributed by atoms with Crippen LogP contribution in [0.15, 0.2) is 24.7 Å². The molecular formula is C18H26N6O3. The fraction of sp³-hybridized carbons (Fsp3) is 0.556. The topological polar surface area (TPSA) is 125 Å². The van der Waals surface area contributed by atoms with Crippen LogP contribution in [0.3, 0.4) is 0 Å². The number of carbonyl (C=O) groups is 2. The van der Waals surface area contributed by atoms with Crippen molar-refractivity contribution < 1.29 is 14.3 Å². The molecule has 0 aromatic carbocycles. The van der Waals surface area contributed by atoms with Crippen LogP contribution in [-0.4, -0.2) is 50.7 Å². The molecule has 3 atom stereocenters. The van der Waals surface area contributed by atoms with Crippen LogP contribution >= 0.6 is 0 Å². The smallest absolute Gasteiger partial charge is 0.269 e. The number of carbonyl (C=O) groups excluding carboxylic acids is 2. The van der Waals surface area contributed by atoms with Gasteiger partial charge in [0.15, 0.2) is 0 Å². The minimum atomic E-state index is -0.205. The van der Waals surface area contributed by atoms with Gasteiger partial charge in [-0.2, -0.15) is 5.10 Å². The summed E-state index contributed by atoms with van der Waals surface area (Å²) in [4.78, 5) is 31.9. The van der Waals surface area contributed by atoms with E-state index in [0.717, 1.165) is 12.2 Å². The van der Waals surface area contributed by atoms with Crippen LogP contribution in [-0.2, 0) is 16.1 Å². The number of nitrogens with zero attached hydrogens (tertiary/aromatic N) is 2. The SMILES string of the molecule is CCCO[C@@H]1C[C@@H](C(=O)NCc2ncc[nH]2)CC[C@H]1NC(=O)c1ccn[nH]1. The van der Waals surface area contributed by atoms with Crippen molar-refractivity contribution in [2.75, 3.05) is 6.61 Å². The first kappa shape index (κ1) is 19.1. The Bertz CT molecular complexity index is 716. The lowest BCUT2D eigenvalue weighted by Gasteiger charge is -2.35. The lowest BCUT2D eigenvalue weighted by Crippen LogP contribution is -2.50. The van der Waals surface area contributed by atoms with E-state index in [0.29, 0.717) is 38.1 Å². The zero-order valence-corrected chi connectivity index (χ0v) is 15.4. The minimum Gasteiger partial charge on any atom is -0.376 e. The van der Waals surface area contributed by atoms with Gasteiger partial charge in [0, 0.05) is 31.1 Å². The van der Waals surface area contributed by atoms with Crippen molar-refractivity contribution in [1.29, 1.82) is 0 Å². The Labute approximate surface area is 157 Å². The fourth-order valence-electron chi connectivity index (χ4n) is 3.32. The molecule has 0 radical (unpaired) electrons. The Morgan fingerprint density at radius 2 is 2.22 bits per heavy atom. The first-order chi connectivity index (χ1) is 13.2. The highest BCUT2D eigenvalue weighted by Gasteiger charge is 2.35. The molecule has 3 rings (SSSR count). The summed E-state index contributed by atoms with van der Waals surface area (Å²) in [7, 11) is 0. The van der Waals surface area contributed by atoms with E-state index in [1.54, 1.807) is 24.7 Å². The molecule has 2 aromatic rings. The van der Waals surface area contributed by atoms with Crippen molar-refractivity contribution in [2.24, 2.45) is 5.92 Å². The second-order valence-corrected chi connectivity index (χ2v) is 6.72. The summed E-state index contributed by atoms with van der Waals surface area (Å²) in [5.41, 5.74) is 0.419. The molecule has 1 aliphatic rings. The van der Waals surface area contributed by atoms with Gasteiger partial charge in [0.2, 0.25) is 5.91 Å². The summed E-state index contributed by atoms with van der Waals surface area (Å²) in [5, 5.41) is 12.4. The molecule has 9 nitrogen and oxygen atoms in total. The van der Waals surface area contributed by atoms with Crippen molar-refractivity contribution in [3.8, 4) is 0 Å². The summed E-state index contributed by atoms with van der Waals surface area (Å²) in [6.07, 6.45) is 7.58. The minimum absolute atomic E-state index is 0.00478. The molecule has 1 fully saturated rings. The second kappa shape index (κ2) is 9.31. The lowest BCUT2D eigenvalue weighted by atomic mass is 9.83. The molecule has 0 aliphatic heterocycles. The number of aromatic nitrogens is 4. The Morgan fingerprint density at radius 1 is 1.33 bits per heavy atom. The molecule has 2 heterocycles. The van der Waals surface area contributed by atoms with Crippen molar-refractivity contribution in [3.63, 3.8) is 0 Å². The number of imidazole rings is 1. The average Bonchev–Trinajstić information content (AvgIpc) is 3.39. The predicted molar refractivity (Wildman–Crippen MR) is 97.6 cm³/mol. The van der Waals surface area contributed by atoms with E-state index < -0.39 is 0 Å². The van der Waals surface area contributed by atoms with Crippen LogP contribution < -0.4 is 10.6 Å². The number of nitrogens with one attached hydrogen (secondary N) is 4. The molecule has 1 saturated carbocycles. The summed E-state index contributed by atoms with van der Waals surface area (Å²) in [6, 6.07) is 1.51. The summed E-state index contributed by atoms with van der Waals surface area (Å²) >= 11 is 0. The third kappa shape index (κ3) is 5.16. The van der Waals surface area contributed by atoms with Gasteiger partial charge in [-0.25, -0.2) is 4.98 Å². The number of H-pyrrole nitrogens is 2. The highest BCUT2D eigenvalue weighted by molar-refractivity contribution is 5.92. The Balaban J connectivity index is 1.56. The molecule has 27 heavy (non-hydrogen) atoms. The largest absolute Gasteiger partial charge is 0.376 e. The molecule has 0 unspecified atom stereocenters. The number of aromatic amines is 2. The van der Waals surface area contributed by atoms with Crippen LogP contribution in [0.5, 0.6) is 0 Å². The van der Waals surface area contributed by atoms with Crippen LogP contribution in [0.4, 0.5) is 0 Å². The van der Waals surface area contributed by atoms with E-state index in [2.05, 4.69) is 30.8 Å². The van der Waals surface area contributed by atoms with Gasteiger partial charge in [-0.15, -0.1) is 0 Å². The molecule has 146 valence electrons. The Hall–Kier alpha value is -2.68. The van der Waals surface area contributed by atoms with Crippen LogP contribution in [0.2, 0.25) is 0 Å². The van der Waals surface area contributed by atoms with Crippen LogP contribution in [0.25, 0.3) is 0 Å². The molecule has 1 aliphatic carbocycles. The maximum absolute atomic E-state index is 12.5. The van der Waals surface area contributed by atoms with Gasteiger partial charge < -0.3 is 20.4 Å². The quantitative estimate of drug-likeness (QED) is 0.551. The first-order valence-corrected chi connectivity index (χ1v) is 9.35. The highest BCUT2D eigenvalue weighted by atomic mass is 16.5. The molecule has 0 bridgehead atoms. The van der Waals surface area contributed by atoms with Crippen LogP contribution in [0, 0.1) is 5.92 Å². The first-order valence-electron chi connectivity index (χ1n) is 9.35. The zero-order valence-electron chi connectivity index (χ0n) is 15.4. The second-order valence-electron chi connectivity index (χ2n) is 6.72. The molecule has 0 spiro atoms. The number of rotatable bonds is 8. The van der Waals surface area contributed by atoms with Crippen molar-refractivity contribution in [1.82, 2.24) is 30.8 Å². The van der Waals surface area contributed by atoms with Gasteiger partial charge >= 0.3 is 0 Å². The van der Waals surface area contributed by atoms with Crippen molar-refractivity contribution in [2.45, 2.75) is 51.3 Å². The third-order valence-corrected chi connectivity index (χ3v) is 4.75. The molecule has 2 amide bonds. The summed E-state index contributed by atoms with van der Waals surface area (Å²) < 4.78 is 5.95. The average molecular weight is 374 g/mol. The van der Waals surface area contributed by atoms with E-state index in [1.165, 1.54) is 0 Å². The van der Waals surface area contributed by atoms with Crippen molar-refractivity contribution >= 4 is 11.8 Å². The maximum Gasteiger partial charge on any atom is 0.269 e. The van der Waals surface area contributed by atoms with Gasteiger partial charge in [0.25, 0.3) is 5.91 Å². The molecular weight excluding hydrogens is 348 g/mol. The summed E-state index contributed by atoms with van der Waals surface area (Å²) in [5.74, 6) is 0.378. The normalized spacial score (nSPS) is 22.3. The van der Waals surface area contributed by atoms with Gasteiger partial charge in [-0.3, -0.25) is 14.7 Å². The van der Waals surface area contributed by atoms with Gasteiger partial charge in [0.1, 0.15) is 11.5 Å². The molecule has 0 saturated heterocycles. The zero-order chi connectivity index (χ0) is 19.1. The lowest BCUT2D eigenvalue weighted by molar-refractivity contribution is -0.128. The van der Waals surface area contributed by atoms with E-state index in [4.69, 9.17) is 4.74 Å². The van der Waals surface area contributed by atoms with E-state index >= 15 is 0 Å². The van der Waals surface area contributed by atoms with E-state index in [-0.39, 0.29) is 29.9 Å². The number of hydrogen-bond acceptors (Lipinski definition) is 5. The molecule has 9 heteroatoms. The molecule has 4 N–H and O–H groups in total. The Morgan fingerprint density at radius 3 is 2.93 bits per heavy atom. The Kier molecular flexibility index (Phi) is 6.59. The number of hydrogen-bond donors (Lipinski definition) is 4. The fourth-order valence-corrected chi connectivity index (χ4v) is 3.32. The standard InChI is InChI=1S/C18H26N6O3/c1-2-9-27-15-10-12(17(25)21-11-16-19-7-8-20-16)3-4-13(15)23-18(26)14-5-6-22-24-14/h5-8,12-13,15H,2-4,9-11H2,1H3,(H,19,20)(H,21,25)(H,22,24)(H,23,26)/t12-,13+,15+/m0/s1. The predicted octanol–water partition coefficient (Wildman–Crippen LogP) is 1.14. The van der Waals surface area contributed by atoms with Gasteiger partial charge in [0.05, 0.1) is 18.7 Å². The molecule has 2 aromatic heterocycles. The van der Waals surface area contributed by atoms with Crippen LogP contribution in [0.1, 0.15) is 48.9 Å². The van der Waals surface area contributed by atoms with E-state index in [9.17, 15) is 9.59 Å². The van der Waals surface area contributed by atoms with Crippen molar-refractivity contribution in [3.05, 3.63) is 36.2 Å². The number of amides is 2. The highest BCUT2D eigenvalue weighted by Crippen LogP contribution is 2.27. The van der Waals surface area contributed by atoms with Gasteiger partial charge in [-0.05, 0) is 31.7 Å². The summed E-state index contributed by atoms with van der Waals surface area (Å²) in [6.45, 7) is 3.01. The van der Waals surface area contributed by atoms with Gasteiger partial charge in [-0.1, -0.05) is 6.92 Å². The maximum atomic E-state index is 12.5. The van der Waals surface area contributed by atoms with E-state index in [1.807, 2.05) is 6.92 Å². The number of ether oxygens (including phenoxy) is 1. The third-order valence-electron chi connectivity index (χ3n) is 4.75. The monoisotopic (exact) mass is 374 g/mol.